The molecule has 1 saturated heterocycles. The summed E-state index contributed by atoms with van der Waals surface area (Å²) in [4.78, 5) is 2.65. The lowest BCUT2D eigenvalue weighted by molar-refractivity contribution is 0.209. The third-order valence-electron chi connectivity index (χ3n) is 5.01. The lowest BCUT2D eigenvalue weighted by Crippen LogP contribution is -2.50. The Bertz CT molecular complexity index is 301. The Balaban J connectivity index is 2.40. The van der Waals surface area contributed by atoms with E-state index >= 15 is 0 Å². The summed E-state index contributed by atoms with van der Waals surface area (Å²) in [5.41, 5.74) is 0. The Kier molecular flexibility index (Phi) is 8.81. The van der Waals surface area contributed by atoms with E-state index in [9.17, 15) is 0 Å². The summed E-state index contributed by atoms with van der Waals surface area (Å²) in [7, 11) is 0.440. The van der Waals surface area contributed by atoms with Gasteiger partial charge < -0.3 is 18.3 Å². The van der Waals surface area contributed by atoms with Gasteiger partial charge in [-0.3, -0.25) is 0 Å². The molecular weight excluding hydrogens is 308 g/mol. The highest BCUT2D eigenvalue weighted by Crippen LogP contribution is 2.17. The first-order chi connectivity index (χ1) is 10.3. The minimum Gasteiger partial charge on any atom is -0.398 e. The number of likely N-dealkylation sites (tertiary alicyclic amines) is 1. The fourth-order valence-electron chi connectivity index (χ4n) is 3.11. The van der Waals surface area contributed by atoms with Crippen LogP contribution in [0.1, 0.15) is 25.7 Å². The van der Waals surface area contributed by atoms with Crippen molar-refractivity contribution in [2.45, 2.75) is 57.9 Å². The number of hydrogen-bond acceptors (Lipinski definition) is 4. The van der Waals surface area contributed by atoms with Crippen LogP contribution in [0.25, 0.3) is 0 Å². The Morgan fingerprint density at radius 2 is 1.50 bits per heavy atom. The molecule has 1 heterocycles. The Morgan fingerprint density at radius 3 is 2.00 bits per heavy atom. The van der Waals surface area contributed by atoms with Crippen LogP contribution in [0.5, 0.6) is 0 Å². The quantitative estimate of drug-likeness (QED) is 0.566. The van der Waals surface area contributed by atoms with Crippen LogP contribution >= 0.6 is 0 Å². The molecule has 0 bridgehead atoms. The van der Waals surface area contributed by atoms with Gasteiger partial charge in [0.15, 0.2) is 0 Å². The standard InChI is InChI=1S/C16H38N2O2Si2/c1-19-22(6,20-2)16-10-13-18(21(3,4)5)15-14-17-11-8-7-9-12-17/h7-16H2,1-6H3. The highest BCUT2D eigenvalue weighted by Gasteiger charge is 2.30. The van der Waals surface area contributed by atoms with Crippen molar-refractivity contribution in [2.24, 2.45) is 0 Å². The van der Waals surface area contributed by atoms with Gasteiger partial charge in [0, 0.05) is 27.3 Å². The van der Waals surface area contributed by atoms with E-state index in [2.05, 4.69) is 35.7 Å². The zero-order valence-corrected chi connectivity index (χ0v) is 17.8. The first-order valence-corrected chi connectivity index (χ1v) is 14.9. The summed E-state index contributed by atoms with van der Waals surface area (Å²) >= 11 is 0. The van der Waals surface area contributed by atoms with E-state index in [1.54, 1.807) is 14.2 Å². The van der Waals surface area contributed by atoms with E-state index in [-0.39, 0.29) is 0 Å². The molecule has 132 valence electrons. The van der Waals surface area contributed by atoms with Gasteiger partial charge in [0.2, 0.25) is 0 Å². The van der Waals surface area contributed by atoms with Crippen molar-refractivity contribution in [3.8, 4) is 0 Å². The monoisotopic (exact) mass is 346 g/mol. The van der Waals surface area contributed by atoms with Crippen LogP contribution in [-0.4, -0.2) is 73.2 Å². The highest BCUT2D eigenvalue weighted by atomic mass is 28.4. The van der Waals surface area contributed by atoms with Crippen LogP contribution in [0.4, 0.5) is 0 Å². The summed E-state index contributed by atoms with van der Waals surface area (Å²) in [6, 6.07) is 1.09. The van der Waals surface area contributed by atoms with Gasteiger partial charge in [-0.05, 0) is 51.5 Å². The third kappa shape index (κ3) is 7.23. The second-order valence-electron chi connectivity index (χ2n) is 7.71. The Labute approximate surface area is 140 Å². The van der Waals surface area contributed by atoms with Crippen molar-refractivity contribution in [1.29, 1.82) is 0 Å². The van der Waals surface area contributed by atoms with Gasteiger partial charge in [-0.25, -0.2) is 0 Å². The van der Waals surface area contributed by atoms with E-state index in [1.807, 2.05) is 0 Å². The number of hydrogen-bond donors (Lipinski definition) is 0. The van der Waals surface area contributed by atoms with E-state index in [4.69, 9.17) is 8.85 Å². The van der Waals surface area contributed by atoms with Crippen molar-refractivity contribution in [2.75, 3.05) is 46.9 Å². The Hall–Kier alpha value is 0.274. The van der Waals surface area contributed by atoms with Gasteiger partial charge in [0.25, 0.3) is 0 Å². The zero-order chi connectivity index (χ0) is 16.6. The number of piperidine rings is 1. The topological polar surface area (TPSA) is 24.9 Å². The molecule has 0 radical (unpaired) electrons. The van der Waals surface area contributed by atoms with E-state index in [1.165, 1.54) is 58.4 Å². The Morgan fingerprint density at radius 1 is 0.909 bits per heavy atom. The molecule has 6 heteroatoms. The highest BCUT2D eigenvalue weighted by molar-refractivity contribution is 6.73. The molecule has 0 unspecified atom stereocenters. The summed E-state index contributed by atoms with van der Waals surface area (Å²) in [5, 5.41) is 0. The number of nitrogens with zero attached hydrogens (tertiary/aromatic N) is 2. The predicted molar refractivity (Wildman–Crippen MR) is 100 cm³/mol. The van der Waals surface area contributed by atoms with Crippen LogP contribution < -0.4 is 0 Å². The minimum absolute atomic E-state index is 1.09. The largest absolute Gasteiger partial charge is 0.398 e. The van der Waals surface area contributed by atoms with Gasteiger partial charge in [-0.2, -0.15) is 0 Å². The van der Waals surface area contributed by atoms with E-state index in [0.717, 1.165) is 6.04 Å². The molecule has 1 aliphatic rings. The second kappa shape index (κ2) is 9.54. The molecule has 0 aromatic rings. The van der Waals surface area contributed by atoms with Crippen LogP contribution in [0.3, 0.4) is 0 Å². The summed E-state index contributed by atoms with van der Waals surface area (Å²) in [5.74, 6) is 0. The predicted octanol–water partition coefficient (Wildman–Crippen LogP) is 3.36. The van der Waals surface area contributed by atoms with Gasteiger partial charge in [-0.15, -0.1) is 0 Å². The molecule has 0 saturated carbocycles. The maximum atomic E-state index is 5.61. The molecule has 0 aromatic carbocycles. The third-order valence-corrected chi connectivity index (χ3v) is 10.3. The molecule has 4 nitrogen and oxygen atoms in total. The molecule has 0 spiro atoms. The maximum absolute atomic E-state index is 5.61. The molecule has 22 heavy (non-hydrogen) atoms. The second-order valence-corrected chi connectivity index (χ2v) is 16.3. The molecule has 0 amide bonds. The summed E-state index contributed by atoms with van der Waals surface area (Å²) < 4.78 is 14.0. The first-order valence-electron chi connectivity index (χ1n) is 8.88. The van der Waals surface area contributed by atoms with Crippen LogP contribution in [0, 0.1) is 0 Å². The van der Waals surface area contributed by atoms with E-state index < -0.39 is 16.8 Å². The van der Waals surface area contributed by atoms with E-state index in [0.29, 0.717) is 0 Å². The fourth-order valence-corrected chi connectivity index (χ4v) is 6.08. The number of rotatable bonds is 10. The van der Waals surface area contributed by atoms with Crippen LogP contribution in [-0.2, 0) is 8.85 Å². The molecule has 0 aliphatic carbocycles. The molecule has 1 aliphatic heterocycles. The van der Waals surface area contributed by atoms with Gasteiger partial charge >= 0.3 is 8.56 Å². The summed E-state index contributed by atoms with van der Waals surface area (Å²) in [6.07, 6.45) is 5.39. The van der Waals surface area contributed by atoms with Gasteiger partial charge in [0.1, 0.15) is 8.24 Å². The van der Waals surface area contributed by atoms with Gasteiger partial charge in [0.05, 0.1) is 0 Å². The smallest absolute Gasteiger partial charge is 0.334 e. The van der Waals surface area contributed by atoms with Crippen LogP contribution in [0.15, 0.2) is 0 Å². The maximum Gasteiger partial charge on any atom is 0.334 e. The van der Waals surface area contributed by atoms with Crippen molar-refractivity contribution in [1.82, 2.24) is 9.47 Å². The first kappa shape index (κ1) is 20.3. The molecule has 0 atom stereocenters. The van der Waals surface area contributed by atoms with Crippen LogP contribution in [0.2, 0.25) is 32.2 Å². The molecule has 1 rings (SSSR count). The summed E-state index contributed by atoms with van der Waals surface area (Å²) in [6.45, 7) is 15.8. The molecule has 1 fully saturated rings. The van der Waals surface area contributed by atoms with Gasteiger partial charge in [-0.1, -0.05) is 26.1 Å². The SMILES string of the molecule is CO[Si](C)(CCCN(CCN1CCCCC1)[Si](C)(C)C)OC. The zero-order valence-electron chi connectivity index (χ0n) is 15.8. The lowest BCUT2D eigenvalue weighted by atomic mass is 10.1. The minimum atomic E-state index is -1.90. The lowest BCUT2D eigenvalue weighted by Gasteiger charge is -2.37. The van der Waals surface area contributed by atoms with Crippen molar-refractivity contribution >= 4 is 16.8 Å². The normalized spacial score (nSPS) is 18.1. The van der Waals surface area contributed by atoms with Crippen molar-refractivity contribution in [3.05, 3.63) is 0 Å². The molecule has 0 N–H and O–H groups in total. The average Bonchev–Trinajstić information content (AvgIpc) is 2.50. The molecule has 0 aromatic heterocycles. The fraction of sp³-hybridized carbons (Fsp3) is 1.00. The molecular formula is C16H38N2O2Si2. The van der Waals surface area contributed by atoms with Crippen molar-refractivity contribution in [3.63, 3.8) is 0 Å². The average molecular weight is 347 g/mol. The van der Waals surface area contributed by atoms with Crippen molar-refractivity contribution < 1.29 is 8.85 Å².